The highest BCUT2D eigenvalue weighted by Gasteiger charge is 2.26. The molecule has 0 fully saturated rings. The van der Waals surface area contributed by atoms with Gasteiger partial charge in [0.05, 0.1) is 22.7 Å². The topological polar surface area (TPSA) is 149 Å². The van der Waals surface area contributed by atoms with Gasteiger partial charge in [0.25, 0.3) is 17.5 Å². The third kappa shape index (κ3) is 5.88. The Labute approximate surface area is 200 Å². The van der Waals surface area contributed by atoms with Crippen LogP contribution in [-0.2, 0) is 27.1 Å². The number of fused-ring (bicyclic) bond motifs is 1. The molecule has 0 bridgehead atoms. The molecule has 3 N–H and O–H groups in total. The first-order valence-electron chi connectivity index (χ1n) is 10.7. The lowest BCUT2D eigenvalue weighted by molar-refractivity contribution is -0.384. The summed E-state index contributed by atoms with van der Waals surface area (Å²) in [6.45, 7) is 0.0975. The number of benzene rings is 1. The Bertz CT molecular complexity index is 1100. The maximum atomic E-state index is 12.8. The number of amides is 2. The summed E-state index contributed by atoms with van der Waals surface area (Å²) in [5, 5.41) is 19.8. The maximum Gasteiger partial charge on any atom is 0.338 e. The van der Waals surface area contributed by atoms with Gasteiger partial charge in [0.1, 0.15) is 10.7 Å². The van der Waals surface area contributed by atoms with Crippen LogP contribution in [0, 0.1) is 10.1 Å². The molecule has 12 heteroatoms. The number of rotatable bonds is 10. The predicted molar refractivity (Wildman–Crippen MR) is 127 cm³/mol. The Morgan fingerprint density at radius 3 is 2.68 bits per heavy atom. The lowest BCUT2D eigenvalue weighted by Crippen LogP contribution is -2.29. The van der Waals surface area contributed by atoms with Gasteiger partial charge in [0.2, 0.25) is 0 Å². The highest BCUT2D eigenvalue weighted by molar-refractivity contribution is 7.17. The summed E-state index contributed by atoms with van der Waals surface area (Å²) in [5.74, 6) is -1.77. The van der Waals surface area contributed by atoms with Crippen LogP contribution in [0.2, 0.25) is 0 Å². The molecule has 3 rings (SSSR count). The van der Waals surface area contributed by atoms with Gasteiger partial charge >= 0.3 is 5.97 Å². The van der Waals surface area contributed by atoms with Crippen molar-refractivity contribution in [2.75, 3.05) is 44.5 Å². The van der Waals surface area contributed by atoms with E-state index in [0.717, 1.165) is 42.2 Å². The van der Waals surface area contributed by atoms with Crippen molar-refractivity contribution in [3.63, 3.8) is 0 Å². The fourth-order valence-corrected chi connectivity index (χ4v) is 4.95. The summed E-state index contributed by atoms with van der Waals surface area (Å²) in [4.78, 5) is 49.3. The predicted octanol–water partition coefficient (Wildman–Crippen LogP) is 2.75. The monoisotopic (exact) mass is 490 g/mol. The Kier molecular flexibility index (Phi) is 8.55. The van der Waals surface area contributed by atoms with Crippen molar-refractivity contribution >= 4 is 45.5 Å². The number of nitrogens with zero attached hydrogens (tertiary/aromatic N) is 1. The number of esters is 1. The molecule has 0 saturated carbocycles. The fourth-order valence-electron chi connectivity index (χ4n) is 3.65. The van der Waals surface area contributed by atoms with Crippen molar-refractivity contribution in [1.29, 1.82) is 0 Å². The number of nitrogens with one attached hydrogen (secondary N) is 3. The van der Waals surface area contributed by atoms with Gasteiger partial charge in [-0.25, -0.2) is 4.79 Å². The van der Waals surface area contributed by atoms with E-state index in [0.29, 0.717) is 23.7 Å². The van der Waals surface area contributed by atoms with Gasteiger partial charge in [-0.2, -0.15) is 0 Å². The molecule has 2 amide bonds. The first-order chi connectivity index (χ1) is 16.3. The molecule has 34 heavy (non-hydrogen) atoms. The lowest BCUT2D eigenvalue weighted by Gasteiger charge is -2.13. The van der Waals surface area contributed by atoms with Crippen LogP contribution < -0.4 is 16.0 Å². The van der Waals surface area contributed by atoms with E-state index in [2.05, 4.69) is 16.0 Å². The van der Waals surface area contributed by atoms with Gasteiger partial charge in [-0.05, 0) is 43.4 Å². The third-order valence-corrected chi connectivity index (χ3v) is 6.48. The van der Waals surface area contributed by atoms with Crippen LogP contribution in [0.15, 0.2) is 18.2 Å². The molecule has 1 aromatic heterocycles. The number of hydrogen-bond donors (Lipinski definition) is 3. The van der Waals surface area contributed by atoms with E-state index < -0.39 is 23.4 Å². The van der Waals surface area contributed by atoms with E-state index in [1.54, 1.807) is 7.11 Å². The Morgan fingerprint density at radius 2 is 1.97 bits per heavy atom. The second kappa shape index (κ2) is 11.6. The van der Waals surface area contributed by atoms with Crippen molar-refractivity contribution < 1.29 is 28.8 Å². The van der Waals surface area contributed by atoms with Crippen LogP contribution in [-0.4, -0.2) is 56.6 Å². The minimum Gasteiger partial charge on any atom is -0.452 e. The summed E-state index contributed by atoms with van der Waals surface area (Å²) in [6, 6.07) is 3.84. The minimum atomic E-state index is -0.871. The molecular formula is C22H26N4O7S. The highest BCUT2D eigenvalue weighted by atomic mass is 32.1. The molecule has 0 spiro atoms. The minimum absolute atomic E-state index is 0.0525. The van der Waals surface area contributed by atoms with Crippen LogP contribution in [0.1, 0.15) is 44.0 Å². The van der Waals surface area contributed by atoms with E-state index in [9.17, 15) is 24.5 Å². The highest BCUT2D eigenvalue weighted by Crippen LogP contribution is 2.38. The van der Waals surface area contributed by atoms with E-state index in [1.165, 1.54) is 30.5 Å². The zero-order chi connectivity index (χ0) is 24.7. The van der Waals surface area contributed by atoms with Crippen LogP contribution in [0.4, 0.5) is 16.4 Å². The van der Waals surface area contributed by atoms with Crippen LogP contribution >= 0.6 is 11.3 Å². The number of carbonyl (C=O) groups excluding carboxylic acids is 3. The zero-order valence-electron chi connectivity index (χ0n) is 18.9. The average molecular weight is 491 g/mol. The molecule has 0 radical (unpaired) electrons. The molecule has 0 unspecified atom stereocenters. The smallest absolute Gasteiger partial charge is 0.338 e. The molecule has 0 saturated heterocycles. The van der Waals surface area contributed by atoms with E-state index in [4.69, 9.17) is 9.47 Å². The van der Waals surface area contributed by atoms with Gasteiger partial charge in [-0.3, -0.25) is 19.7 Å². The number of carbonyl (C=O) groups is 3. The molecule has 1 aromatic carbocycles. The van der Waals surface area contributed by atoms with Gasteiger partial charge in [0, 0.05) is 31.6 Å². The number of nitro groups is 1. The molecule has 0 aliphatic heterocycles. The normalized spacial score (nSPS) is 12.4. The van der Waals surface area contributed by atoms with Gasteiger partial charge in [-0.15, -0.1) is 11.3 Å². The number of methoxy groups -OCH3 is 1. The molecule has 1 aliphatic carbocycles. The molecule has 11 nitrogen and oxygen atoms in total. The Balaban J connectivity index is 1.68. The van der Waals surface area contributed by atoms with Crippen LogP contribution in [0.5, 0.6) is 0 Å². The summed E-state index contributed by atoms with van der Waals surface area (Å²) in [5.41, 5.74) is 1.29. The number of aryl methyl sites for hydroxylation is 1. The molecule has 1 aliphatic rings. The lowest BCUT2D eigenvalue weighted by atomic mass is 9.95. The van der Waals surface area contributed by atoms with Crippen molar-refractivity contribution in [2.24, 2.45) is 0 Å². The molecule has 2 aromatic rings. The summed E-state index contributed by atoms with van der Waals surface area (Å²) in [6.07, 6.45) is 3.57. The van der Waals surface area contributed by atoms with Crippen LogP contribution in [0.25, 0.3) is 0 Å². The fraction of sp³-hybridized carbons (Fsp3) is 0.409. The van der Waals surface area contributed by atoms with Crippen molar-refractivity contribution in [3.05, 3.63) is 49.9 Å². The maximum absolute atomic E-state index is 12.8. The quantitative estimate of drug-likeness (QED) is 0.199. The Morgan fingerprint density at radius 1 is 1.21 bits per heavy atom. The average Bonchev–Trinajstić information content (AvgIpc) is 3.19. The number of hydrogen-bond acceptors (Lipinski definition) is 9. The van der Waals surface area contributed by atoms with Gasteiger partial charge < -0.3 is 25.4 Å². The first kappa shape index (κ1) is 25.1. The number of ether oxygens (including phenoxy) is 2. The number of anilines is 2. The standard InChI is InChI=1S/C22H26N4O7S/c1-23-15-8-7-13(11-16(15)26(30)31)22(29)33-12-18(27)25-21-19(20(28)24-9-10-32-2)14-5-3-4-6-17(14)34-21/h7-8,11,23H,3-6,9-10,12H2,1-2H3,(H,24,28)(H,25,27). The van der Waals surface area contributed by atoms with Gasteiger partial charge in [-0.1, -0.05) is 0 Å². The molecular weight excluding hydrogens is 464 g/mol. The SMILES string of the molecule is CNc1ccc(C(=O)OCC(=O)Nc2sc3c(c2C(=O)NCCOC)CCCC3)cc1[N+](=O)[O-]. The zero-order valence-corrected chi connectivity index (χ0v) is 19.7. The van der Waals surface area contributed by atoms with Crippen molar-refractivity contribution in [2.45, 2.75) is 25.7 Å². The number of thiophene rings is 1. The second-order valence-electron chi connectivity index (χ2n) is 7.53. The first-order valence-corrected chi connectivity index (χ1v) is 11.5. The molecule has 182 valence electrons. The molecule has 0 atom stereocenters. The van der Waals surface area contributed by atoms with Crippen LogP contribution in [0.3, 0.4) is 0 Å². The van der Waals surface area contributed by atoms with E-state index in [-0.39, 0.29) is 22.8 Å². The summed E-state index contributed by atoms with van der Waals surface area (Å²) >= 11 is 1.35. The largest absolute Gasteiger partial charge is 0.452 e. The van der Waals surface area contributed by atoms with Crippen molar-refractivity contribution in [3.8, 4) is 0 Å². The molecule has 1 heterocycles. The third-order valence-electron chi connectivity index (χ3n) is 5.28. The Hall–Kier alpha value is -3.51. The van der Waals surface area contributed by atoms with Crippen molar-refractivity contribution in [1.82, 2.24) is 5.32 Å². The van der Waals surface area contributed by atoms with Gasteiger partial charge in [0.15, 0.2) is 6.61 Å². The van der Waals surface area contributed by atoms with E-state index >= 15 is 0 Å². The second-order valence-corrected chi connectivity index (χ2v) is 8.63. The summed E-state index contributed by atoms with van der Waals surface area (Å²) in [7, 11) is 3.07. The summed E-state index contributed by atoms with van der Waals surface area (Å²) < 4.78 is 10.0. The van der Waals surface area contributed by atoms with E-state index in [1.807, 2.05) is 0 Å². The number of nitro benzene ring substituents is 1.